The van der Waals surface area contributed by atoms with E-state index in [1.165, 1.54) is 47.4 Å². The summed E-state index contributed by atoms with van der Waals surface area (Å²) < 4.78 is 66.1. The van der Waals surface area contributed by atoms with Gasteiger partial charge in [-0.15, -0.1) is 0 Å². The second kappa shape index (κ2) is 13.9. The topological polar surface area (TPSA) is 186 Å². The van der Waals surface area contributed by atoms with Crippen LogP contribution in [-0.4, -0.2) is 82.4 Å². The fourth-order valence-corrected chi connectivity index (χ4v) is 7.19. The van der Waals surface area contributed by atoms with E-state index in [9.17, 15) is 31.2 Å². The number of nitrogens with zero attached hydrogens (tertiary/aromatic N) is 2. The first kappa shape index (κ1) is 36.6. The standard InChI is InChI=1S/C14H15BrN2O6S.C12H12BrIN2O4S/c1-16-13(18)11-7-5-8(15)9(17(2)24(4,20)21)6-10(7)23-12(11)14(19)22-3;1-15-12(17)10-6-4-7(13)8(16(2)21(3,18)19)5-9(6)20-11(10)14/h5-6H,1-4H3,(H,16,18);4-5H,1-3H3,(H,15,17). The fourth-order valence-electron chi connectivity index (χ4n) is 3.95. The minimum Gasteiger partial charge on any atom is -0.463 e. The van der Waals surface area contributed by atoms with Crippen LogP contribution in [0.15, 0.2) is 42.0 Å². The zero-order valence-electron chi connectivity index (χ0n) is 24.7. The van der Waals surface area contributed by atoms with Gasteiger partial charge < -0.3 is 24.2 Å². The predicted molar refractivity (Wildman–Crippen MR) is 185 cm³/mol. The molecule has 0 saturated carbocycles. The third kappa shape index (κ3) is 7.58. The van der Waals surface area contributed by atoms with Gasteiger partial charge in [0.1, 0.15) is 16.7 Å². The number of amides is 2. The van der Waals surface area contributed by atoms with Crippen molar-refractivity contribution in [3.63, 3.8) is 0 Å². The Kier molecular flexibility index (Phi) is 11.3. The zero-order chi connectivity index (χ0) is 34.2. The van der Waals surface area contributed by atoms with Crippen molar-refractivity contribution in [2.45, 2.75) is 0 Å². The molecular formula is C26H27Br2IN4O10S2. The van der Waals surface area contributed by atoms with E-state index in [1.807, 2.05) is 22.6 Å². The zero-order valence-corrected chi connectivity index (χ0v) is 31.7. The number of benzene rings is 2. The average Bonchev–Trinajstić information content (AvgIpc) is 3.49. The summed E-state index contributed by atoms with van der Waals surface area (Å²) in [5, 5.41) is 5.96. The molecule has 0 fully saturated rings. The normalized spacial score (nSPS) is 11.5. The summed E-state index contributed by atoms with van der Waals surface area (Å²) in [6.07, 6.45) is 2.17. The Morgan fingerprint density at radius 1 is 0.778 bits per heavy atom. The summed E-state index contributed by atoms with van der Waals surface area (Å²) in [4.78, 5) is 35.9. The maximum absolute atomic E-state index is 12.1. The average molecular weight is 906 g/mol. The van der Waals surface area contributed by atoms with Crippen molar-refractivity contribution in [2.75, 3.05) is 56.4 Å². The van der Waals surface area contributed by atoms with Gasteiger partial charge in [-0.05, 0) is 44.0 Å². The molecule has 0 aliphatic carbocycles. The third-order valence-corrected chi connectivity index (χ3v) is 10.8. The highest BCUT2D eigenvalue weighted by Crippen LogP contribution is 2.37. The quantitative estimate of drug-likeness (QED) is 0.200. The van der Waals surface area contributed by atoms with Crippen molar-refractivity contribution in [1.29, 1.82) is 0 Å². The van der Waals surface area contributed by atoms with E-state index in [2.05, 4.69) is 47.2 Å². The number of furan rings is 2. The molecule has 14 nitrogen and oxygen atoms in total. The number of anilines is 2. The molecule has 2 heterocycles. The van der Waals surface area contributed by atoms with Crippen LogP contribution in [0.4, 0.5) is 11.4 Å². The molecule has 0 bridgehead atoms. The third-order valence-electron chi connectivity index (χ3n) is 6.42. The summed E-state index contributed by atoms with van der Waals surface area (Å²) >= 11 is 8.56. The van der Waals surface area contributed by atoms with E-state index in [4.69, 9.17) is 8.83 Å². The van der Waals surface area contributed by atoms with Gasteiger partial charge in [-0.25, -0.2) is 21.6 Å². The number of nitrogens with one attached hydrogen (secondary N) is 2. The number of sulfonamides is 2. The Balaban J connectivity index is 0.000000248. The molecular weight excluding hydrogens is 879 g/mol. The molecule has 0 saturated heterocycles. The number of esters is 1. The van der Waals surface area contributed by atoms with Crippen LogP contribution in [0.2, 0.25) is 0 Å². The van der Waals surface area contributed by atoms with E-state index < -0.39 is 31.9 Å². The van der Waals surface area contributed by atoms with Gasteiger partial charge in [0.2, 0.25) is 25.8 Å². The van der Waals surface area contributed by atoms with E-state index in [0.717, 1.165) is 21.1 Å². The van der Waals surface area contributed by atoms with Crippen LogP contribution in [0.5, 0.6) is 0 Å². The SMILES string of the molecule is CNC(=O)c1c(C(=O)OC)oc2cc(N(C)S(C)(=O)=O)c(Br)cc12.CNC(=O)c1c(I)oc2cc(N(C)S(C)(=O)=O)c(Br)cc12. The first-order valence-corrected chi connectivity index (χ1v) is 18.7. The Bertz CT molecular complexity index is 2060. The van der Waals surface area contributed by atoms with Gasteiger partial charge >= 0.3 is 5.97 Å². The highest BCUT2D eigenvalue weighted by Gasteiger charge is 2.28. The molecule has 0 spiro atoms. The van der Waals surface area contributed by atoms with Crippen molar-refractivity contribution in [3.05, 3.63) is 53.9 Å². The first-order valence-electron chi connectivity index (χ1n) is 12.4. The lowest BCUT2D eigenvalue weighted by atomic mass is 10.1. The summed E-state index contributed by atoms with van der Waals surface area (Å²) in [7, 11) is 0.0689. The van der Waals surface area contributed by atoms with Gasteiger partial charge in [-0.2, -0.15) is 0 Å². The molecule has 2 aromatic heterocycles. The van der Waals surface area contributed by atoms with Crippen LogP contribution < -0.4 is 19.2 Å². The van der Waals surface area contributed by atoms with E-state index in [1.54, 1.807) is 12.1 Å². The van der Waals surface area contributed by atoms with Crippen LogP contribution in [-0.2, 0) is 24.8 Å². The lowest BCUT2D eigenvalue weighted by Gasteiger charge is -2.18. The predicted octanol–water partition coefficient (Wildman–Crippen LogP) is 4.29. The molecule has 2 aromatic carbocycles. The minimum absolute atomic E-state index is 0.0219. The van der Waals surface area contributed by atoms with E-state index >= 15 is 0 Å². The minimum atomic E-state index is -3.50. The number of hydrogen-bond donors (Lipinski definition) is 2. The van der Waals surface area contributed by atoms with E-state index in [0.29, 0.717) is 46.0 Å². The molecule has 0 radical (unpaired) electrons. The van der Waals surface area contributed by atoms with Gasteiger partial charge in [0.25, 0.3) is 11.8 Å². The molecule has 2 amide bonds. The number of carbonyl (C=O) groups is 3. The second-order valence-electron chi connectivity index (χ2n) is 9.27. The summed E-state index contributed by atoms with van der Waals surface area (Å²) in [5.74, 6) is -1.84. The van der Waals surface area contributed by atoms with Gasteiger partial charge in [-0.3, -0.25) is 18.2 Å². The summed E-state index contributed by atoms with van der Waals surface area (Å²) in [6.45, 7) is 0. The van der Waals surface area contributed by atoms with Crippen LogP contribution >= 0.6 is 54.5 Å². The number of fused-ring (bicyclic) bond motifs is 2. The Morgan fingerprint density at radius 3 is 1.58 bits per heavy atom. The monoisotopic (exact) mass is 904 g/mol. The molecule has 0 unspecified atom stereocenters. The highest BCUT2D eigenvalue weighted by atomic mass is 127. The number of hydrogen-bond acceptors (Lipinski definition) is 10. The molecule has 4 rings (SSSR count). The van der Waals surface area contributed by atoms with Crippen molar-refractivity contribution in [1.82, 2.24) is 10.6 Å². The van der Waals surface area contributed by atoms with Gasteiger partial charge in [0.05, 0.1) is 36.6 Å². The van der Waals surface area contributed by atoms with Crippen molar-refractivity contribution in [2.24, 2.45) is 0 Å². The molecule has 0 aliphatic heterocycles. The van der Waals surface area contributed by atoms with Crippen LogP contribution in [0.3, 0.4) is 0 Å². The first-order chi connectivity index (χ1) is 20.8. The smallest absolute Gasteiger partial charge is 0.374 e. The van der Waals surface area contributed by atoms with Crippen molar-refractivity contribution >= 4 is 126 Å². The number of rotatable bonds is 7. The largest absolute Gasteiger partial charge is 0.463 e. The number of halogens is 3. The maximum Gasteiger partial charge on any atom is 0.374 e. The number of ether oxygens (including phenoxy) is 1. The Hall–Kier alpha value is -2.88. The van der Waals surface area contributed by atoms with Gasteiger partial charge in [0, 0.05) is 82.6 Å². The van der Waals surface area contributed by atoms with E-state index in [-0.39, 0.29) is 22.8 Å². The molecule has 244 valence electrons. The van der Waals surface area contributed by atoms with Crippen molar-refractivity contribution < 1.29 is 44.8 Å². The Labute approximate surface area is 289 Å². The number of methoxy groups -OCH3 is 1. The fraction of sp³-hybridized carbons (Fsp3) is 0.269. The number of carbonyl (C=O) groups excluding carboxylic acids is 3. The molecule has 0 aliphatic rings. The van der Waals surface area contributed by atoms with Gasteiger partial charge in [0.15, 0.2) is 3.77 Å². The second-order valence-corrected chi connectivity index (χ2v) is 16.0. The highest BCUT2D eigenvalue weighted by molar-refractivity contribution is 14.1. The van der Waals surface area contributed by atoms with Gasteiger partial charge in [-0.1, -0.05) is 0 Å². The summed E-state index contributed by atoms with van der Waals surface area (Å²) in [6, 6.07) is 6.23. The molecule has 2 N–H and O–H groups in total. The van der Waals surface area contributed by atoms with Crippen LogP contribution in [0, 0.1) is 3.77 Å². The molecule has 4 aromatic rings. The van der Waals surface area contributed by atoms with Crippen LogP contribution in [0.1, 0.15) is 31.3 Å². The maximum atomic E-state index is 12.1. The molecule has 0 atom stereocenters. The molecule has 45 heavy (non-hydrogen) atoms. The lowest BCUT2D eigenvalue weighted by molar-refractivity contribution is 0.0562. The lowest BCUT2D eigenvalue weighted by Crippen LogP contribution is -2.25. The molecule has 19 heteroatoms. The summed E-state index contributed by atoms with van der Waals surface area (Å²) in [5.41, 5.74) is 1.84. The Morgan fingerprint density at radius 2 is 1.18 bits per heavy atom. The van der Waals surface area contributed by atoms with Crippen LogP contribution in [0.25, 0.3) is 21.9 Å². The van der Waals surface area contributed by atoms with Crippen molar-refractivity contribution in [3.8, 4) is 0 Å².